The smallest absolute Gasteiger partial charge is 0.0479 e. The van der Waals surface area contributed by atoms with Gasteiger partial charge in [-0.1, -0.05) is 26.8 Å². The van der Waals surface area contributed by atoms with Crippen molar-refractivity contribution < 1.29 is 0 Å². The molecular weight excluding hydrogens is 208 g/mol. The van der Waals surface area contributed by atoms with Crippen LogP contribution in [0.2, 0.25) is 0 Å². The van der Waals surface area contributed by atoms with E-state index in [1.165, 1.54) is 15.3 Å². The van der Waals surface area contributed by atoms with E-state index in [0.717, 1.165) is 0 Å². The van der Waals surface area contributed by atoms with Crippen LogP contribution < -0.4 is 0 Å². The molecule has 0 aliphatic heterocycles. The van der Waals surface area contributed by atoms with E-state index < -0.39 is 0 Å². The topological polar surface area (TPSA) is 0 Å². The second kappa shape index (κ2) is 3.52. The van der Waals surface area contributed by atoms with Gasteiger partial charge < -0.3 is 0 Å². The highest BCUT2D eigenvalue weighted by Crippen LogP contribution is 2.38. The summed E-state index contributed by atoms with van der Waals surface area (Å²) in [6.45, 7) is 6.81. The fourth-order valence-electron chi connectivity index (χ4n) is 1.50. The monoisotopic (exact) mass is 222 g/mol. The fourth-order valence-corrected chi connectivity index (χ4v) is 3.49. The van der Waals surface area contributed by atoms with Crippen LogP contribution in [0.15, 0.2) is 29.0 Å². The molecule has 0 aliphatic rings. The number of hydrogen-bond acceptors (Lipinski definition) is 2. The van der Waals surface area contributed by atoms with E-state index in [2.05, 4.69) is 49.7 Å². The summed E-state index contributed by atoms with van der Waals surface area (Å²) in [6, 6.07) is 6.57. The Bertz CT molecular complexity index is 402. The molecule has 0 nitrogen and oxygen atoms in total. The minimum absolute atomic E-state index is 0.249. The van der Waals surface area contributed by atoms with E-state index in [1.807, 2.05) is 22.7 Å². The first kappa shape index (κ1) is 9.94. The highest BCUT2D eigenvalue weighted by Gasteiger charge is 2.19. The molecule has 2 aromatic rings. The molecule has 0 spiro atoms. The SMILES string of the molecule is CC(C)(C)c1ccsc1-c1cccs1. The van der Waals surface area contributed by atoms with Gasteiger partial charge >= 0.3 is 0 Å². The van der Waals surface area contributed by atoms with Gasteiger partial charge in [0.15, 0.2) is 0 Å². The second-order valence-electron chi connectivity index (χ2n) is 4.39. The molecule has 0 saturated carbocycles. The van der Waals surface area contributed by atoms with Gasteiger partial charge in [-0.25, -0.2) is 0 Å². The summed E-state index contributed by atoms with van der Waals surface area (Å²) in [7, 11) is 0. The molecule has 0 radical (unpaired) electrons. The lowest BCUT2D eigenvalue weighted by Gasteiger charge is -2.18. The van der Waals surface area contributed by atoms with Crippen molar-refractivity contribution in [1.29, 1.82) is 0 Å². The quantitative estimate of drug-likeness (QED) is 0.651. The average Bonchev–Trinajstić information content (AvgIpc) is 2.73. The lowest BCUT2D eigenvalue weighted by molar-refractivity contribution is 0.594. The molecule has 0 aromatic carbocycles. The van der Waals surface area contributed by atoms with Crippen LogP contribution in [0.25, 0.3) is 9.75 Å². The molecular formula is C12H14S2. The molecule has 0 amide bonds. The molecule has 0 aliphatic carbocycles. The van der Waals surface area contributed by atoms with Gasteiger partial charge in [-0.05, 0) is 33.9 Å². The van der Waals surface area contributed by atoms with Gasteiger partial charge in [-0.15, -0.1) is 22.7 Å². The predicted molar refractivity (Wildman–Crippen MR) is 66.3 cm³/mol. The zero-order valence-electron chi connectivity index (χ0n) is 8.70. The van der Waals surface area contributed by atoms with E-state index in [9.17, 15) is 0 Å². The molecule has 0 N–H and O–H groups in total. The van der Waals surface area contributed by atoms with E-state index in [-0.39, 0.29) is 5.41 Å². The Balaban J connectivity index is 2.51. The van der Waals surface area contributed by atoms with Crippen LogP contribution >= 0.6 is 22.7 Å². The fraction of sp³-hybridized carbons (Fsp3) is 0.333. The Hall–Kier alpha value is -0.600. The van der Waals surface area contributed by atoms with E-state index >= 15 is 0 Å². The zero-order chi connectivity index (χ0) is 10.2. The number of rotatable bonds is 1. The van der Waals surface area contributed by atoms with E-state index in [4.69, 9.17) is 0 Å². The van der Waals surface area contributed by atoms with Gasteiger partial charge in [0.25, 0.3) is 0 Å². The number of thiophene rings is 2. The standard InChI is InChI=1S/C12H14S2/c1-12(2,3)9-6-8-14-11(9)10-5-4-7-13-10/h4-8H,1-3H3. The predicted octanol–water partition coefficient (Wildman–Crippen LogP) is 4.77. The average molecular weight is 222 g/mol. The first-order valence-electron chi connectivity index (χ1n) is 4.71. The van der Waals surface area contributed by atoms with Crippen LogP contribution in [0.5, 0.6) is 0 Å². The lowest BCUT2D eigenvalue weighted by Crippen LogP contribution is -2.10. The summed E-state index contributed by atoms with van der Waals surface area (Å²) in [5.41, 5.74) is 1.71. The summed E-state index contributed by atoms with van der Waals surface area (Å²) in [5.74, 6) is 0. The van der Waals surface area contributed by atoms with E-state index in [1.54, 1.807) is 0 Å². The third-order valence-corrected chi connectivity index (χ3v) is 4.18. The molecule has 14 heavy (non-hydrogen) atoms. The molecule has 0 saturated heterocycles. The third kappa shape index (κ3) is 1.77. The van der Waals surface area contributed by atoms with E-state index in [0.29, 0.717) is 0 Å². The van der Waals surface area contributed by atoms with Crippen LogP contribution in [0.1, 0.15) is 26.3 Å². The third-order valence-electron chi connectivity index (χ3n) is 2.22. The maximum absolute atomic E-state index is 2.27. The number of hydrogen-bond donors (Lipinski definition) is 0. The van der Waals surface area contributed by atoms with Crippen molar-refractivity contribution in [2.75, 3.05) is 0 Å². The largest absolute Gasteiger partial charge is 0.143 e. The van der Waals surface area contributed by atoms with Crippen molar-refractivity contribution in [3.63, 3.8) is 0 Å². The molecule has 0 unspecified atom stereocenters. The molecule has 2 aromatic heterocycles. The molecule has 2 heteroatoms. The Morgan fingerprint density at radius 1 is 1.00 bits per heavy atom. The Kier molecular flexibility index (Phi) is 2.50. The summed E-state index contributed by atoms with van der Waals surface area (Å²) in [4.78, 5) is 2.83. The van der Waals surface area contributed by atoms with Crippen molar-refractivity contribution in [3.8, 4) is 9.75 Å². The summed E-state index contributed by atoms with van der Waals surface area (Å²) in [6.07, 6.45) is 0. The minimum Gasteiger partial charge on any atom is -0.143 e. The maximum Gasteiger partial charge on any atom is 0.0479 e. The van der Waals surface area contributed by atoms with Gasteiger partial charge in [0.2, 0.25) is 0 Å². The van der Waals surface area contributed by atoms with Crippen molar-refractivity contribution in [1.82, 2.24) is 0 Å². The van der Waals surface area contributed by atoms with Crippen LogP contribution in [-0.4, -0.2) is 0 Å². The van der Waals surface area contributed by atoms with Crippen LogP contribution in [-0.2, 0) is 5.41 Å². The van der Waals surface area contributed by atoms with Gasteiger partial charge in [0, 0.05) is 9.75 Å². The Labute approximate surface area is 93.2 Å². The lowest BCUT2D eigenvalue weighted by atomic mass is 9.87. The minimum atomic E-state index is 0.249. The highest BCUT2D eigenvalue weighted by atomic mass is 32.1. The molecule has 74 valence electrons. The summed E-state index contributed by atoms with van der Waals surface area (Å²) >= 11 is 3.67. The van der Waals surface area contributed by atoms with Crippen LogP contribution in [0.3, 0.4) is 0 Å². The van der Waals surface area contributed by atoms with Gasteiger partial charge in [-0.2, -0.15) is 0 Å². The Morgan fingerprint density at radius 2 is 1.79 bits per heavy atom. The van der Waals surface area contributed by atoms with Crippen molar-refractivity contribution in [3.05, 3.63) is 34.5 Å². The molecule has 0 bridgehead atoms. The molecule has 2 heterocycles. The van der Waals surface area contributed by atoms with Crippen molar-refractivity contribution in [2.45, 2.75) is 26.2 Å². The summed E-state index contributed by atoms with van der Waals surface area (Å²) in [5, 5.41) is 4.33. The normalized spacial score (nSPS) is 11.9. The zero-order valence-corrected chi connectivity index (χ0v) is 10.3. The Morgan fingerprint density at radius 3 is 2.36 bits per heavy atom. The molecule has 2 rings (SSSR count). The first-order chi connectivity index (χ1) is 6.59. The van der Waals surface area contributed by atoms with Crippen LogP contribution in [0.4, 0.5) is 0 Å². The van der Waals surface area contributed by atoms with Crippen molar-refractivity contribution in [2.24, 2.45) is 0 Å². The molecule has 0 fully saturated rings. The first-order valence-corrected chi connectivity index (χ1v) is 6.47. The molecule has 0 atom stereocenters. The highest BCUT2D eigenvalue weighted by molar-refractivity contribution is 7.20. The maximum atomic E-state index is 2.27. The van der Waals surface area contributed by atoms with Crippen LogP contribution in [0, 0.1) is 0 Å². The second-order valence-corrected chi connectivity index (χ2v) is 6.25. The van der Waals surface area contributed by atoms with Gasteiger partial charge in [-0.3, -0.25) is 0 Å². The summed E-state index contributed by atoms with van der Waals surface area (Å²) < 4.78 is 0. The van der Waals surface area contributed by atoms with Crippen molar-refractivity contribution >= 4 is 22.7 Å². The van der Waals surface area contributed by atoms with Gasteiger partial charge in [0.05, 0.1) is 0 Å². The van der Waals surface area contributed by atoms with Gasteiger partial charge in [0.1, 0.15) is 0 Å².